The summed E-state index contributed by atoms with van der Waals surface area (Å²) in [5, 5.41) is 7.58. The van der Waals surface area contributed by atoms with E-state index in [9.17, 15) is 9.00 Å². The molecule has 1 aliphatic rings. The monoisotopic (exact) mass is 429 g/mol. The zero-order valence-corrected chi connectivity index (χ0v) is 16.4. The van der Waals surface area contributed by atoms with Crippen LogP contribution in [0.2, 0.25) is 0 Å². The molecular weight excluding hydrogens is 414 g/mol. The fraction of sp³-hybridized carbons (Fsp3) is 0.158. The molecule has 3 aromatic rings. The first-order valence-electron chi connectivity index (χ1n) is 8.11. The molecule has 1 aliphatic heterocycles. The van der Waals surface area contributed by atoms with Gasteiger partial charge in [-0.15, -0.1) is 0 Å². The van der Waals surface area contributed by atoms with E-state index < -0.39 is 10.8 Å². The van der Waals surface area contributed by atoms with Crippen molar-refractivity contribution in [3.05, 3.63) is 75.4 Å². The average molecular weight is 430 g/mol. The normalized spacial score (nSPS) is 15.7. The number of rotatable bonds is 3. The molecule has 1 amide bonds. The van der Waals surface area contributed by atoms with Gasteiger partial charge in [-0.05, 0) is 43.3 Å². The van der Waals surface area contributed by atoms with Gasteiger partial charge in [-0.2, -0.15) is 5.10 Å². The lowest BCUT2D eigenvalue weighted by Crippen LogP contribution is -2.16. The van der Waals surface area contributed by atoms with Gasteiger partial charge in [0.05, 0.1) is 22.9 Å². The minimum atomic E-state index is -0.963. The molecular formula is C19H16BrN3O2S. The number of halogens is 1. The summed E-state index contributed by atoms with van der Waals surface area (Å²) in [6.45, 7) is 2.02. The van der Waals surface area contributed by atoms with Gasteiger partial charge in [0.25, 0.3) is 5.91 Å². The topological polar surface area (TPSA) is 64.0 Å². The molecule has 26 heavy (non-hydrogen) atoms. The molecule has 0 saturated carbocycles. The number of benzene rings is 2. The average Bonchev–Trinajstić information content (AvgIpc) is 3.13. The SMILES string of the molecule is Cc1ccc(-n2nc3c(c2NC(=O)c2ccc(Br)cc2)C[S@@](=O)C3)cc1. The van der Waals surface area contributed by atoms with Crippen LogP contribution in [0.5, 0.6) is 0 Å². The van der Waals surface area contributed by atoms with Crippen LogP contribution in [0.3, 0.4) is 0 Å². The van der Waals surface area contributed by atoms with Gasteiger partial charge in [-0.25, -0.2) is 4.68 Å². The van der Waals surface area contributed by atoms with Crippen molar-refractivity contribution in [2.24, 2.45) is 0 Å². The number of nitrogens with one attached hydrogen (secondary N) is 1. The fourth-order valence-electron chi connectivity index (χ4n) is 2.91. The Kier molecular flexibility index (Phi) is 4.50. The summed E-state index contributed by atoms with van der Waals surface area (Å²) in [6, 6.07) is 15.1. The highest BCUT2D eigenvalue weighted by Gasteiger charge is 2.28. The third-order valence-corrected chi connectivity index (χ3v) is 6.02. The molecule has 2 heterocycles. The predicted molar refractivity (Wildman–Crippen MR) is 106 cm³/mol. The van der Waals surface area contributed by atoms with Crippen molar-refractivity contribution in [3.63, 3.8) is 0 Å². The van der Waals surface area contributed by atoms with Gasteiger partial charge in [0.1, 0.15) is 5.82 Å². The molecule has 1 aromatic heterocycles. The van der Waals surface area contributed by atoms with Gasteiger partial charge in [-0.3, -0.25) is 9.00 Å². The van der Waals surface area contributed by atoms with E-state index in [1.807, 2.05) is 43.3 Å². The summed E-state index contributed by atoms with van der Waals surface area (Å²) in [4.78, 5) is 12.7. The third kappa shape index (κ3) is 3.24. The highest BCUT2D eigenvalue weighted by Crippen LogP contribution is 2.31. The number of anilines is 1. The molecule has 0 fully saturated rings. The summed E-state index contributed by atoms with van der Waals surface area (Å²) in [5.41, 5.74) is 4.21. The number of hydrogen-bond donors (Lipinski definition) is 1. The van der Waals surface area contributed by atoms with Crippen LogP contribution >= 0.6 is 15.9 Å². The molecule has 1 N–H and O–H groups in total. The molecule has 4 rings (SSSR count). The molecule has 5 nitrogen and oxygen atoms in total. The number of hydrogen-bond acceptors (Lipinski definition) is 3. The van der Waals surface area contributed by atoms with Gasteiger partial charge < -0.3 is 5.32 Å². The molecule has 0 unspecified atom stereocenters. The Bertz CT molecular complexity index is 1010. The number of amides is 1. The lowest BCUT2D eigenvalue weighted by molar-refractivity contribution is 0.102. The van der Waals surface area contributed by atoms with Gasteiger partial charge in [0.2, 0.25) is 0 Å². The Morgan fingerprint density at radius 3 is 2.50 bits per heavy atom. The van der Waals surface area contributed by atoms with Crippen molar-refractivity contribution < 1.29 is 9.00 Å². The first-order valence-corrected chi connectivity index (χ1v) is 10.4. The summed E-state index contributed by atoms with van der Waals surface area (Å²) in [6.07, 6.45) is 0. The second-order valence-electron chi connectivity index (χ2n) is 6.21. The smallest absolute Gasteiger partial charge is 0.256 e. The van der Waals surface area contributed by atoms with Crippen LogP contribution in [0.4, 0.5) is 5.82 Å². The van der Waals surface area contributed by atoms with Crippen molar-refractivity contribution in [1.82, 2.24) is 9.78 Å². The van der Waals surface area contributed by atoms with Crippen LogP contribution in [0.25, 0.3) is 5.69 Å². The molecule has 0 radical (unpaired) electrons. The minimum absolute atomic E-state index is 0.216. The Morgan fingerprint density at radius 2 is 1.81 bits per heavy atom. The number of carbonyl (C=O) groups excluding carboxylic acids is 1. The standard InChI is InChI=1S/C19H16BrN3O2S/c1-12-2-8-15(9-3-12)23-18(16-10-26(25)11-17(16)22-23)21-19(24)13-4-6-14(20)7-5-13/h2-9H,10-11H2,1H3,(H,21,24)/t26-/m1/s1. The van der Waals surface area contributed by atoms with Crippen LogP contribution in [0, 0.1) is 6.92 Å². The highest BCUT2D eigenvalue weighted by molar-refractivity contribution is 9.10. The number of carbonyl (C=O) groups is 1. The molecule has 0 bridgehead atoms. The molecule has 1 atom stereocenters. The van der Waals surface area contributed by atoms with Gasteiger partial charge in [0, 0.05) is 26.4 Å². The molecule has 7 heteroatoms. The Balaban J connectivity index is 1.74. The predicted octanol–water partition coefficient (Wildman–Crippen LogP) is 3.96. The maximum Gasteiger partial charge on any atom is 0.256 e. The maximum atomic E-state index is 12.7. The van der Waals surface area contributed by atoms with Crippen LogP contribution < -0.4 is 5.32 Å². The number of nitrogens with zero attached hydrogens (tertiary/aromatic N) is 2. The van der Waals surface area contributed by atoms with Crippen molar-refractivity contribution >= 4 is 38.5 Å². The largest absolute Gasteiger partial charge is 0.306 e. The Morgan fingerprint density at radius 1 is 1.12 bits per heavy atom. The van der Waals surface area contributed by atoms with E-state index in [1.54, 1.807) is 16.8 Å². The maximum absolute atomic E-state index is 12.7. The molecule has 0 spiro atoms. The molecule has 0 saturated heterocycles. The van der Waals surface area contributed by atoms with E-state index in [-0.39, 0.29) is 5.91 Å². The van der Waals surface area contributed by atoms with Crippen LogP contribution in [-0.2, 0) is 22.3 Å². The Hall–Kier alpha value is -2.25. The second-order valence-corrected chi connectivity index (χ2v) is 8.58. The minimum Gasteiger partial charge on any atom is -0.306 e. The number of fused-ring (bicyclic) bond motifs is 1. The van der Waals surface area contributed by atoms with Crippen molar-refractivity contribution in [2.75, 3.05) is 5.32 Å². The summed E-state index contributed by atoms with van der Waals surface area (Å²) < 4.78 is 14.6. The molecule has 2 aromatic carbocycles. The van der Waals surface area contributed by atoms with Gasteiger partial charge in [-0.1, -0.05) is 33.6 Å². The molecule has 0 aliphatic carbocycles. The fourth-order valence-corrected chi connectivity index (χ4v) is 4.44. The second kappa shape index (κ2) is 6.81. The van der Waals surface area contributed by atoms with Crippen LogP contribution in [0.1, 0.15) is 27.2 Å². The van der Waals surface area contributed by atoms with Gasteiger partial charge >= 0.3 is 0 Å². The lowest BCUT2D eigenvalue weighted by Gasteiger charge is -2.11. The van der Waals surface area contributed by atoms with Crippen molar-refractivity contribution in [3.8, 4) is 5.69 Å². The third-order valence-electron chi connectivity index (χ3n) is 4.29. The van der Waals surface area contributed by atoms with Crippen LogP contribution in [0.15, 0.2) is 53.0 Å². The van der Waals surface area contributed by atoms with Crippen LogP contribution in [-0.4, -0.2) is 19.9 Å². The van der Waals surface area contributed by atoms with E-state index in [1.165, 1.54) is 0 Å². The van der Waals surface area contributed by atoms with E-state index in [0.717, 1.165) is 27.0 Å². The lowest BCUT2D eigenvalue weighted by atomic mass is 10.2. The zero-order chi connectivity index (χ0) is 18.3. The van der Waals surface area contributed by atoms with E-state index >= 15 is 0 Å². The first-order chi connectivity index (χ1) is 12.5. The molecule has 132 valence electrons. The van der Waals surface area contributed by atoms with Crippen molar-refractivity contribution in [1.29, 1.82) is 0 Å². The zero-order valence-electron chi connectivity index (χ0n) is 14.0. The van der Waals surface area contributed by atoms with E-state index in [4.69, 9.17) is 0 Å². The Labute approximate surface area is 162 Å². The summed E-state index contributed by atoms with van der Waals surface area (Å²) in [7, 11) is -0.963. The van der Waals surface area contributed by atoms with E-state index in [0.29, 0.717) is 22.9 Å². The van der Waals surface area contributed by atoms with Gasteiger partial charge in [0.15, 0.2) is 0 Å². The van der Waals surface area contributed by atoms with E-state index in [2.05, 4.69) is 26.3 Å². The summed E-state index contributed by atoms with van der Waals surface area (Å²) in [5.74, 6) is 1.22. The highest BCUT2D eigenvalue weighted by atomic mass is 79.9. The number of aromatic nitrogens is 2. The number of aryl methyl sites for hydroxylation is 1. The quantitative estimate of drug-likeness (QED) is 0.684. The summed E-state index contributed by atoms with van der Waals surface area (Å²) >= 11 is 3.37. The van der Waals surface area contributed by atoms with Crippen molar-refractivity contribution in [2.45, 2.75) is 18.4 Å². The first kappa shape index (κ1) is 17.2.